The van der Waals surface area contributed by atoms with Gasteiger partial charge in [0.1, 0.15) is 13.6 Å². The zero-order chi connectivity index (χ0) is 17.9. The largest absolute Gasteiger partial charge is 0.371 e. The zero-order valence-corrected chi connectivity index (χ0v) is 14.0. The molecule has 0 aliphatic carbocycles. The summed E-state index contributed by atoms with van der Waals surface area (Å²) >= 11 is 0. The average Bonchev–Trinajstić information content (AvgIpc) is 2.49. The number of rotatable bonds is 14. The molecule has 0 saturated carbocycles. The summed E-state index contributed by atoms with van der Waals surface area (Å²) in [5, 5.41) is 15.9. The van der Waals surface area contributed by atoms with Crippen LogP contribution in [0.3, 0.4) is 0 Å². The van der Waals surface area contributed by atoms with Gasteiger partial charge >= 0.3 is 0 Å². The average molecular weight is 348 g/mol. The number of nitrogens with zero attached hydrogens (tertiary/aromatic N) is 1. The standard InChI is InChI=1S/C7H15F2NO2.C7H16FNO2/c1-7(12-6-11)4-2-3-5-10(8)9;1-7(11-6-10)4-2-3-5-9-8/h7,11H,2-6H2,1H3;7,9-10H,2-6H2,1H3. The van der Waals surface area contributed by atoms with Crippen molar-refractivity contribution in [2.45, 2.75) is 64.6 Å². The van der Waals surface area contributed by atoms with Crippen LogP contribution in [0.4, 0.5) is 13.4 Å². The fourth-order valence-corrected chi connectivity index (χ4v) is 1.71. The van der Waals surface area contributed by atoms with Crippen LogP contribution in [0.5, 0.6) is 0 Å². The molecule has 0 amide bonds. The van der Waals surface area contributed by atoms with Crippen LogP contribution in [-0.4, -0.2) is 54.4 Å². The number of halogens is 3. The summed E-state index contributed by atoms with van der Waals surface area (Å²) in [6, 6.07) is 0. The number of hydrogen-bond donors (Lipinski definition) is 3. The highest BCUT2D eigenvalue weighted by Gasteiger charge is 2.03. The van der Waals surface area contributed by atoms with Crippen LogP contribution in [0, 0.1) is 0 Å². The lowest BCUT2D eigenvalue weighted by molar-refractivity contribution is -0.153. The van der Waals surface area contributed by atoms with Crippen molar-refractivity contribution in [2.24, 2.45) is 0 Å². The predicted octanol–water partition coefficient (Wildman–Crippen LogP) is 2.57. The van der Waals surface area contributed by atoms with Gasteiger partial charge in [0.05, 0.1) is 18.8 Å². The molecule has 142 valence electrons. The SMILES string of the molecule is CC(CCCCN(F)F)OCO.CC(CCCCNF)OCO. The van der Waals surface area contributed by atoms with Gasteiger partial charge in [-0.2, -0.15) is 5.54 Å². The van der Waals surface area contributed by atoms with Gasteiger partial charge in [0.25, 0.3) is 0 Å². The van der Waals surface area contributed by atoms with Gasteiger partial charge in [0.15, 0.2) is 0 Å². The molecule has 0 aromatic rings. The van der Waals surface area contributed by atoms with E-state index in [1.807, 2.05) is 6.92 Å². The Kier molecular flexibility index (Phi) is 21.1. The lowest BCUT2D eigenvalue weighted by atomic mass is 10.2. The Bertz CT molecular complexity index is 230. The molecule has 0 fully saturated rings. The van der Waals surface area contributed by atoms with Crippen molar-refractivity contribution in [2.75, 3.05) is 26.7 Å². The highest BCUT2D eigenvalue weighted by Crippen LogP contribution is 2.05. The van der Waals surface area contributed by atoms with Crippen molar-refractivity contribution in [3.05, 3.63) is 0 Å². The van der Waals surface area contributed by atoms with E-state index in [1.54, 1.807) is 12.5 Å². The summed E-state index contributed by atoms with van der Waals surface area (Å²) in [7, 11) is 0. The molecule has 23 heavy (non-hydrogen) atoms. The lowest BCUT2D eigenvalue weighted by Crippen LogP contribution is -2.10. The molecule has 3 N–H and O–H groups in total. The Hall–Kier alpha value is -0.450. The zero-order valence-electron chi connectivity index (χ0n) is 14.0. The first-order valence-corrected chi connectivity index (χ1v) is 7.85. The number of ether oxygens (including phenoxy) is 2. The third-order valence-electron chi connectivity index (χ3n) is 3.04. The molecule has 0 aliphatic rings. The Morgan fingerprint density at radius 1 is 0.913 bits per heavy atom. The highest BCUT2D eigenvalue weighted by molar-refractivity contribution is 4.51. The number of aliphatic hydroxyl groups excluding tert-OH is 2. The van der Waals surface area contributed by atoms with Gasteiger partial charge in [-0.15, -0.1) is 13.4 Å². The van der Waals surface area contributed by atoms with Crippen LogP contribution >= 0.6 is 0 Å². The molecular weight excluding hydrogens is 317 g/mol. The Labute approximate surface area is 136 Å². The molecule has 9 heteroatoms. The first kappa shape index (κ1) is 24.8. The Morgan fingerprint density at radius 2 is 1.39 bits per heavy atom. The van der Waals surface area contributed by atoms with E-state index < -0.39 is 5.34 Å². The molecular formula is C14H31F3N2O4. The summed E-state index contributed by atoms with van der Waals surface area (Å²) in [5.74, 6) is 0. The number of unbranched alkanes of at least 4 members (excludes halogenated alkanes) is 2. The third-order valence-corrected chi connectivity index (χ3v) is 3.04. The van der Waals surface area contributed by atoms with E-state index in [1.165, 1.54) is 0 Å². The summed E-state index contributed by atoms with van der Waals surface area (Å²) in [4.78, 5) is 0. The summed E-state index contributed by atoms with van der Waals surface area (Å²) in [5.41, 5.74) is 1.58. The first-order valence-electron chi connectivity index (χ1n) is 7.85. The summed E-state index contributed by atoms with van der Waals surface area (Å²) in [6.07, 6.45) is 4.43. The molecule has 0 radical (unpaired) electrons. The van der Waals surface area contributed by atoms with E-state index >= 15 is 0 Å². The maximum absolute atomic E-state index is 11.5. The van der Waals surface area contributed by atoms with Crippen LogP contribution in [0.15, 0.2) is 0 Å². The molecule has 0 bridgehead atoms. The Balaban J connectivity index is 0. The van der Waals surface area contributed by atoms with Gasteiger partial charge < -0.3 is 19.7 Å². The number of nitrogens with one attached hydrogen (secondary N) is 1. The maximum atomic E-state index is 11.5. The van der Waals surface area contributed by atoms with Crippen molar-refractivity contribution in [1.29, 1.82) is 0 Å². The molecule has 0 saturated heterocycles. The topological polar surface area (TPSA) is 74.2 Å². The monoisotopic (exact) mass is 348 g/mol. The normalized spacial score (nSPS) is 13.6. The highest BCUT2D eigenvalue weighted by atomic mass is 19.4. The molecule has 0 spiro atoms. The quantitative estimate of drug-likeness (QED) is 0.255. The molecule has 0 aliphatic heterocycles. The molecule has 0 aromatic carbocycles. The predicted molar refractivity (Wildman–Crippen MR) is 81.0 cm³/mol. The first-order chi connectivity index (χ1) is 11.0. The number of aliphatic hydroxyl groups is 2. The van der Waals surface area contributed by atoms with E-state index in [2.05, 4.69) is 0 Å². The molecule has 2 unspecified atom stereocenters. The van der Waals surface area contributed by atoms with Crippen molar-refractivity contribution in [3.63, 3.8) is 0 Å². The van der Waals surface area contributed by atoms with Crippen LogP contribution < -0.4 is 5.54 Å². The minimum Gasteiger partial charge on any atom is -0.371 e. The van der Waals surface area contributed by atoms with E-state index in [0.29, 0.717) is 25.8 Å². The van der Waals surface area contributed by atoms with Gasteiger partial charge in [0, 0.05) is 11.9 Å². The van der Waals surface area contributed by atoms with Gasteiger partial charge in [-0.05, 0) is 52.4 Å². The number of hydrogen-bond acceptors (Lipinski definition) is 6. The smallest absolute Gasteiger partial charge is 0.143 e. The molecule has 2 atom stereocenters. The fraction of sp³-hybridized carbons (Fsp3) is 1.00. The van der Waals surface area contributed by atoms with E-state index in [-0.39, 0.29) is 32.3 Å². The molecule has 0 rings (SSSR count). The van der Waals surface area contributed by atoms with Gasteiger partial charge in [-0.3, -0.25) is 0 Å². The lowest BCUT2D eigenvalue weighted by Gasteiger charge is -2.09. The van der Waals surface area contributed by atoms with Crippen LogP contribution in [-0.2, 0) is 9.47 Å². The molecule has 0 aromatic heterocycles. The maximum Gasteiger partial charge on any atom is 0.143 e. The summed E-state index contributed by atoms with van der Waals surface area (Å²) in [6.45, 7) is 3.34. The second kappa shape index (κ2) is 19.6. The van der Waals surface area contributed by atoms with Gasteiger partial charge in [-0.25, -0.2) is 0 Å². The van der Waals surface area contributed by atoms with Gasteiger partial charge in [-0.1, -0.05) is 0 Å². The van der Waals surface area contributed by atoms with Crippen molar-refractivity contribution >= 4 is 0 Å². The van der Waals surface area contributed by atoms with E-state index in [9.17, 15) is 13.4 Å². The molecule has 6 nitrogen and oxygen atoms in total. The van der Waals surface area contributed by atoms with E-state index in [0.717, 1.165) is 19.3 Å². The second-order valence-electron chi connectivity index (χ2n) is 5.11. The van der Waals surface area contributed by atoms with Crippen molar-refractivity contribution in [3.8, 4) is 0 Å². The van der Waals surface area contributed by atoms with Gasteiger partial charge in [0.2, 0.25) is 0 Å². The summed E-state index contributed by atoms with van der Waals surface area (Å²) < 4.78 is 43.9. The minimum absolute atomic E-state index is 0.0531. The van der Waals surface area contributed by atoms with Crippen molar-refractivity contribution < 1.29 is 33.1 Å². The minimum atomic E-state index is -0.822. The van der Waals surface area contributed by atoms with Crippen LogP contribution in [0.25, 0.3) is 0 Å². The van der Waals surface area contributed by atoms with Crippen LogP contribution in [0.2, 0.25) is 0 Å². The van der Waals surface area contributed by atoms with Crippen molar-refractivity contribution in [1.82, 2.24) is 10.9 Å². The van der Waals surface area contributed by atoms with Crippen LogP contribution in [0.1, 0.15) is 52.4 Å². The fourth-order valence-electron chi connectivity index (χ4n) is 1.71. The van der Waals surface area contributed by atoms with E-state index in [4.69, 9.17) is 19.7 Å². The third kappa shape index (κ3) is 23.9. The Morgan fingerprint density at radius 3 is 1.78 bits per heavy atom. The molecule has 0 heterocycles. The second-order valence-corrected chi connectivity index (χ2v) is 5.11.